The van der Waals surface area contributed by atoms with Crippen LogP contribution in [0.1, 0.15) is 13.8 Å². The number of allylic oxidation sites excluding steroid dienone is 2. The van der Waals surface area contributed by atoms with E-state index in [1.54, 1.807) is 4.80 Å². The van der Waals surface area contributed by atoms with Gasteiger partial charge in [0.2, 0.25) is 5.56 Å². The first-order chi connectivity index (χ1) is 12.2. The van der Waals surface area contributed by atoms with Crippen LogP contribution in [-0.2, 0) is 0 Å². The lowest BCUT2D eigenvalue weighted by Gasteiger charge is -2.20. The molecule has 1 atom stereocenters. The highest BCUT2D eigenvalue weighted by Gasteiger charge is 2.38. The van der Waals surface area contributed by atoms with E-state index in [4.69, 9.17) is 0 Å². The Morgan fingerprint density at radius 2 is 1.64 bits per heavy atom. The Hall–Kier alpha value is -2.64. The third kappa shape index (κ3) is 2.71. The molecule has 25 heavy (non-hydrogen) atoms. The van der Waals surface area contributed by atoms with E-state index in [-0.39, 0.29) is 0 Å². The van der Waals surface area contributed by atoms with Crippen molar-refractivity contribution in [2.75, 3.05) is 5.01 Å². The molecule has 3 aromatic rings. The van der Waals surface area contributed by atoms with E-state index in [2.05, 4.69) is 10.3 Å². The first kappa shape index (κ1) is 15.9. The molecule has 6 nitrogen and oxygen atoms in total. The molecule has 2 aromatic carbocycles. The van der Waals surface area contributed by atoms with E-state index >= 15 is 0 Å². The number of aliphatic hydroxyl groups is 1. The zero-order chi connectivity index (χ0) is 17.4. The smallest absolute Gasteiger partial charge is 0.306 e. The predicted molar refractivity (Wildman–Crippen MR) is 97.2 cm³/mol. The molecule has 1 N–H and O–H groups in total. The summed E-state index contributed by atoms with van der Waals surface area (Å²) in [5.74, 6) is 0.665. The summed E-state index contributed by atoms with van der Waals surface area (Å²) in [6.07, 6.45) is 0. The lowest BCUT2D eigenvalue weighted by molar-refractivity contribution is -0.742. The molecule has 0 saturated carbocycles. The van der Waals surface area contributed by atoms with E-state index in [1.165, 1.54) is 11.8 Å². The van der Waals surface area contributed by atoms with Gasteiger partial charge in [0.15, 0.2) is 5.69 Å². The first-order valence-electron chi connectivity index (χ1n) is 7.97. The van der Waals surface area contributed by atoms with Crippen molar-refractivity contribution >= 4 is 11.8 Å². The third-order valence-electron chi connectivity index (χ3n) is 4.16. The molecule has 1 aliphatic rings. The van der Waals surface area contributed by atoms with Gasteiger partial charge in [-0.15, -0.1) is 0 Å². The van der Waals surface area contributed by atoms with Crippen molar-refractivity contribution in [1.82, 2.24) is 15.1 Å². The average molecular weight is 352 g/mol. The van der Waals surface area contributed by atoms with E-state index in [0.717, 1.165) is 21.9 Å². The number of nitrogens with zero attached hydrogens (tertiary/aromatic N) is 5. The minimum atomic E-state index is -0.728. The van der Waals surface area contributed by atoms with Gasteiger partial charge >= 0.3 is 5.82 Å². The summed E-state index contributed by atoms with van der Waals surface area (Å²) in [7, 11) is 0. The van der Waals surface area contributed by atoms with Gasteiger partial charge in [-0.25, -0.2) is 0 Å². The second-order valence-corrected chi connectivity index (χ2v) is 6.99. The minimum Gasteiger partial charge on any atom is -0.351 e. The number of para-hydroxylation sites is 1. The van der Waals surface area contributed by atoms with Gasteiger partial charge < -0.3 is 5.11 Å². The van der Waals surface area contributed by atoms with Crippen LogP contribution >= 0.6 is 11.8 Å². The van der Waals surface area contributed by atoms with Crippen molar-refractivity contribution in [2.24, 2.45) is 0 Å². The fourth-order valence-corrected chi connectivity index (χ4v) is 3.71. The largest absolute Gasteiger partial charge is 0.351 e. The van der Waals surface area contributed by atoms with Gasteiger partial charge in [0.1, 0.15) is 5.70 Å². The fraction of sp³-hybridized carbons (Fsp3) is 0.167. The molecule has 7 heteroatoms. The van der Waals surface area contributed by atoms with Crippen molar-refractivity contribution in [3.63, 3.8) is 0 Å². The molecule has 0 saturated heterocycles. The minimum absolute atomic E-state index is 0.665. The van der Waals surface area contributed by atoms with Gasteiger partial charge in [-0.05, 0) is 47.7 Å². The van der Waals surface area contributed by atoms with Crippen LogP contribution in [0.3, 0.4) is 0 Å². The van der Waals surface area contributed by atoms with E-state index < -0.39 is 5.56 Å². The molecule has 0 aliphatic carbocycles. The molecule has 126 valence electrons. The van der Waals surface area contributed by atoms with Crippen molar-refractivity contribution in [1.29, 1.82) is 0 Å². The summed E-state index contributed by atoms with van der Waals surface area (Å²) in [6, 6.07) is 19.6. The van der Waals surface area contributed by atoms with Gasteiger partial charge in [-0.3, -0.25) is 0 Å². The summed E-state index contributed by atoms with van der Waals surface area (Å²) in [6.45, 7) is 3.99. The molecule has 0 bridgehead atoms. The molecule has 4 rings (SSSR count). The average Bonchev–Trinajstić information content (AvgIpc) is 3.17. The second-order valence-electron chi connectivity index (χ2n) is 5.72. The zero-order valence-electron chi connectivity index (χ0n) is 13.9. The number of aliphatic hydroxyl groups excluding tert-OH is 1. The van der Waals surface area contributed by atoms with Gasteiger partial charge in [0, 0.05) is 15.6 Å². The Morgan fingerprint density at radius 3 is 2.24 bits per heavy atom. The first-order valence-corrected chi connectivity index (χ1v) is 8.85. The normalized spacial score (nSPS) is 17.4. The Kier molecular flexibility index (Phi) is 4.03. The Morgan fingerprint density at radius 1 is 1.00 bits per heavy atom. The van der Waals surface area contributed by atoms with Crippen LogP contribution in [0.25, 0.3) is 17.1 Å². The highest BCUT2D eigenvalue weighted by molar-refractivity contribution is 8.03. The van der Waals surface area contributed by atoms with Crippen molar-refractivity contribution in [3.8, 4) is 17.1 Å². The number of benzene rings is 2. The maximum atomic E-state index is 10.6. The molecule has 0 spiro atoms. The topological polar surface area (TPSA) is 58.1 Å². The molecule has 0 radical (unpaired) electrons. The summed E-state index contributed by atoms with van der Waals surface area (Å²) < 4.78 is 0. The SMILES string of the molecule is CC1=C(C)N(n2c(-c3ccccc3)nn[n+]2-c2ccccc2)C(O)S1. The molecular formula is C18H18N5OS+. The lowest BCUT2D eigenvalue weighted by atomic mass is 10.2. The van der Waals surface area contributed by atoms with Crippen LogP contribution < -0.4 is 9.81 Å². The maximum absolute atomic E-state index is 10.6. The Bertz CT molecular complexity index is 866. The second kappa shape index (κ2) is 6.34. The summed E-state index contributed by atoms with van der Waals surface area (Å²) in [4.78, 5) is 4.60. The number of tetrazole rings is 1. The number of aromatic nitrogens is 4. The highest BCUT2D eigenvalue weighted by atomic mass is 32.2. The summed E-state index contributed by atoms with van der Waals surface area (Å²) >= 11 is 1.41. The van der Waals surface area contributed by atoms with Crippen LogP contribution in [0.5, 0.6) is 0 Å². The van der Waals surface area contributed by atoms with Crippen LogP contribution in [0.15, 0.2) is 71.3 Å². The van der Waals surface area contributed by atoms with Gasteiger partial charge in [0.05, 0.1) is 5.21 Å². The number of hydrogen-bond donors (Lipinski definition) is 1. The van der Waals surface area contributed by atoms with Gasteiger partial charge in [-0.1, -0.05) is 48.2 Å². The quantitative estimate of drug-likeness (QED) is 0.734. The van der Waals surface area contributed by atoms with Crippen LogP contribution in [0.4, 0.5) is 0 Å². The Labute approximate surface area is 150 Å². The fourth-order valence-electron chi connectivity index (χ4n) is 2.78. The molecular weight excluding hydrogens is 334 g/mol. The molecule has 0 amide bonds. The van der Waals surface area contributed by atoms with Crippen LogP contribution in [0, 0.1) is 0 Å². The maximum Gasteiger partial charge on any atom is 0.306 e. The zero-order valence-corrected chi connectivity index (χ0v) is 14.8. The third-order valence-corrected chi connectivity index (χ3v) is 5.22. The Balaban J connectivity index is 1.95. The molecule has 2 heterocycles. The van der Waals surface area contributed by atoms with Gasteiger partial charge in [0.25, 0.3) is 0 Å². The molecule has 1 unspecified atom stereocenters. The standard InChI is InChI=1S/C18H18N5OS/c1-13-14(2)25-18(24)21(13)23-17(15-9-5-3-6-10-15)19-20-22(23)16-11-7-4-8-12-16/h3-12,18,24H,1-2H3/q+1. The highest BCUT2D eigenvalue weighted by Crippen LogP contribution is 2.35. The van der Waals surface area contributed by atoms with Crippen LogP contribution in [-0.4, -0.2) is 25.8 Å². The summed E-state index contributed by atoms with van der Waals surface area (Å²) in [5.41, 5.74) is 2.04. The number of hydrogen-bond acceptors (Lipinski definition) is 5. The monoisotopic (exact) mass is 352 g/mol. The van der Waals surface area contributed by atoms with Gasteiger partial charge in [-0.2, -0.15) is 5.01 Å². The number of thioether (sulfide) groups is 1. The molecule has 0 fully saturated rings. The van der Waals surface area contributed by atoms with E-state index in [1.807, 2.05) is 84.3 Å². The van der Waals surface area contributed by atoms with E-state index in [9.17, 15) is 5.11 Å². The predicted octanol–water partition coefficient (Wildman–Crippen LogP) is 2.43. The van der Waals surface area contributed by atoms with Crippen molar-refractivity contribution in [2.45, 2.75) is 19.4 Å². The summed E-state index contributed by atoms with van der Waals surface area (Å²) in [5, 5.41) is 21.2. The lowest BCUT2D eigenvalue weighted by Crippen LogP contribution is -2.55. The molecule has 1 aliphatic heterocycles. The molecule has 1 aromatic heterocycles. The van der Waals surface area contributed by atoms with E-state index in [0.29, 0.717) is 5.82 Å². The number of rotatable bonds is 3. The van der Waals surface area contributed by atoms with Crippen molar-refractivity contribution in [3.05, 3.63) is 71.3 Å². The van der Waals surface area contributed by atoms with Crippen molar-refractivity contribution < 1.29 is 9.90 Å². The van der Waals surface area contributed by atoms with Crippen LogP contribution in [0.2, 0.25) is 0 Å².